The zero-order chi connectivity index (χ0) is 7.40. The molecule has 1 aliphatic rings. The van der Waals surface area contributed by atoms with Gasteiger partial charge >= 0.3 is 0 Å². The molecule has 1 heterocycles. The summed E-state index contributed by atoms with van der Waals surface area (Å²) < 4.78 is 0. The first kappa shape index (κ1) is 8.02. The van der Waals surface area contributed by atoms with Gasteiger partial charge in [0, 0.05) is 6.04 Å². The summed E-state index contributed by atoms with van der Waals surface area (Å²) in [6, 6.07) is 0.578. The van der Waals surface area contributed by atoms with E-state index in [2.05, 4.69) is 5.32 Å². The van der Waals surface area contributed by atoms with Crippen LogP contribution in [0, 0.1) is 0 Å². The number of hydrogen-bond donors (Lipinski definition) is 2. The molecule has 0 unspecified atom stereocenters. The van der Waals surface area contributed by atoms with E-state index in [4.69, 9.17) is 5.11 Å². The minimum Gasteiger partial charge on any atom is -0.393 e. The lowest BCUT2D eigenvalue weighted by molar-refractivity contribution is 0.160. The standard InChI is InChI=1S/C8H17NO/c1-7(10)6-8-4-2-3-5-9-8/h7-10H,2-6H2,1H3/t7-,8+/m0/s1. The smallest absolute Gasteiger partial charge is 0.0526 e. The molecule has 1 aliphatic heterocycles. The summed E-state index contributed by atoms with van der Waals surface area (Å²) in [5.74, 6) is 0. The predicted molar refractivity (Wildman–Crippen MR) is 41.9 cm³/mol. The van der Waals surface area contributed by atoms with Gasteiger partial charge in [-0.1, -0.05) is 6.42 Å². The average molecular weight is 143 g/mol. The van der Waals surface area contributed by atoms with Crippen LogP contribution in [0.3, 0.4) is 0 Å². The largest absolute Gasteiger partial charge is 0.393 e. The van der Waals surface area contributed by atoms with Gasteiger partial charge in [-0.3, -0.25) is 0 Å². The van der Waals surface area contributed by atoms with Crippen LogP contribution in [0.5, 0.6) is 0 Å². The van der Waals surface area contributed by atoms with Crippen molar-refractivity contribution in [2.45, 2.75) is 44.8 Å². The van der Waals surface area contributed by atoms with Crippen LogP contribution >= 0.6 is 0 Å². The predicted octanol–water partition coefficient (Wildman–Crippen LogP) is 0.899. The number of aliphatic hydroxyl groups excluding tert-OH is 1. The van der Waals surface area contributed by atoms with E-state index >= 15 is 0 Å². The highest BCUT2D eigenvalue weighted by molar-refractivity contribution is 4.73. The molecular weight excluding hydrogens is 126 g/mol. The Morgan fingerprint density at radius 3 is 2.90 bits per heavy atom. The number of hydrogen-bond acceptors (Lipinski definition) is 2. The third-order valence-corrected chi connectivity index (χ3v) is 2.04. The lowest BCUT2D eigenvalue weighted by Gasteiger charge is -2.24. The second kappa shape index (κ2) is 3.94. The molecule has 2 N–H and O–H groups in total. The summed E-state index contributed by atoms with van der Waals surface area (Å²) in [4.78, 5) is 0. The van der Waals surface area contributed by atoms with E-state index in [1.54, 1.807) is 0 Å². The van der Waals surface area contributed by atoms with Gasteiger partial charge in [-0.15, -0.1) is 0 Å². The molecule has 2 nitrogen and oxygen atoms in total. The van der Waals surface area contributed by atoms with Crippen molar-refractivity contribution < 1.29 is 5.11 Å². The Kier molecular flexibility index (Phi) is 3.16. The van der Waals surface area contributed by atoms with E-state index in [9.17, 15) is 0 Å². The Bertz CT molecular complexity index is 87.3. The van der Waals surface area contributed by atoms with Crippen molar-refractivity contribution in [1.82, 2.24) is 5.32 Å². The topological polar surface area (TPSA) is 32.3 Å². The van der Waals surface area contributed by atoms with Crippen molar-refractivity contribution >= 4 is 0 Å². The maximum atomic E-state index is 9.06. The number of nitrogens with one attached hydrogen (secondary N) is 1. The fraction of sp³-hybridized carbons (Fsp3) is 1.00. The first-order chi connectivity index (χ1) is 4.79. The lowest BCUT2D eigenvalue weighted by Crippen LogP contribution is -2.36. The maximum absolute atomic E-state index is 9.06. The van der Waals surface area contributed by atoms with Gasteiger partial charge in [0.25, 0.3) is 0 Å². The van der Waals surface area contributed by atoms with Crippen molar-refractivity contribution in [1.29, 1.82) is 0 Å². The molecule has 1 fully saturated rings. The van der Waals surface area contributed by atoms with Crippen LogP contribution in [0.4, 0.5) is 0 Å². The SMILES string of the molecule is C[C@H](O)C[C@H]1CCCCN1. The molecule has 60 valence electrons. The van der Waals surface area contributed by atoms with Gasteiger partial charge in [0.1, 0.15) is 0 Å². The minimum absolute atomic E-state index is 0.143. The summed E-state index contributed by atoms with van der Waals surface area (Å²) in [7, 11) is 0. The van der Waals surface area contributed by atoms with Crippen LogP contribution in [0.25, 0.3) is 0 Å². The highest BCUT2D eigenvalue weighted by Gasteiger charge is 2.13. The van der Waals surface area contributed by atoms with Crippen molar-refractivity contribution in [3.63, 3.8) is 0 Å². The molecule has 0 aromatic heterocycles. The van der Waals surface area contributed by atoms with E-state index in [-0.39, 0.29) is 6.10 Å². The van der Waals surface area contributed by atoms with Gasteiger partial charge in [-0.25, -0.2) is 0 Å². The Morgan fingerprint density at radius 1 is 1.60 bits per heavy atom. The summed E-state index contributed by atoms with van der Waals surface area (Å²) >= 11 is 0. The summed E-state index contributed by atoms with van der Waals surface area (Å²) in [6.07, 6.45) is 4.64. The highest BCUT2D eigenvalue weighted by atomic mass is 16.3. The first-order valence-corrected chi connectivity index (χ1v) is 4.20. The van der Waals surface area contributed by atoms with Gasteiger partial charge in [-0.05, 0) is 32.7 Å². The third-order valence-electron chi connectivity index (χ3n) is 2.04. The molecular formula is C8H17NO. The van der Waals surface area contributed by atoms with Crippen molar-refractivity contribution in [3.8, 4) is 0 Å². The Labute approximate surface area is 62.6 Å². The van der Waals surface area contributed by atoms with Crippen molar-refractivity contribution in [2.75, 3.05) is 6.54 Å². The van der Waals surface area contributed by atoms with E-state index in [1.807, 2.05) is 6.92 Å². The van der Waals surface area contributed by atoms with Crippen LogP contribution in [0.1, 0.15) is 32.6 Å². The van der Waals surface area contributed by atoms with E-state index < -0.39 is 0 Å². The lowest BCUT2D eigenvalue weighted by atomic mass is 10.00. The van der Waals surface area contributed by atoms with Gasteiger partial charge < -0.3 is 10.4 Å². The Hall–Kier alpha value is -0.0800. The molecule has 0 bridgehead atoms. The molecule has 0 spiro atoms. The minimum atomic E-state index is -0.143. The van der Waals surface area contributed by atoms with Gasteiger partial charge in [0.15, 0.2) is 0 Å². The average Bonchev–Trinajstić information content (AvgIpc) is 1.88. The van der Waals surface area contributed by atoms with Gasteiger partial charge in [0.2, 0.25) is 0 Å². The monoisotopic (exact) mass is 143 g/mol. The normalized spacial score (nSPS) is 30.0. The molecule has 1 rings (SSSR count). The fourth-order valence-electron chi connectivity index (χ4n) is 1.54. The zero-order valence-corrected chi connectivity index (χ0v) is 6.64. The number of rotatable bonds is 2. The molecule has 0 saturated carbocycles. The quantitative estimate of drug-likeness (QED) is 0.602. The number of piperidine rings is 1. The van der Waals surface area contributed by atoms with Crippen molar-refractivity contribution in [2.24, 2.45) is 0 Å². The van der Waals surface area contributed by atoms with Crippen LogP contribution in [-0.2, 0) is 0 Å². The molecule has 0 aliphatic carbocycles. The van der Waals surface area contributed by atoms with Gasteiger partial charge in [-0.2, -0.15) is 0 Å². The van der Waals surface area contributed by atoms with Crippen LogP contribution < -0.4 is 5.32 Å². The third kappa shape index (κ3) is 2.67. The number of aliphatic hydroxyl groups is 1. The van der Waals surface area contributed by atoms with Crippen LogP contribution in [-0.4, -0.2) is 23.8 Å². The zero-order valence-electron chi connectivity index (χ0n) is 6.64. The molecule has 2 heteroatoms. The molecule has 1 saturated heterocycles. The second-order valence-corrected chi connectivity index (χ2v) is 3.23. The highest BCUT2D eigenvalue weighted by Crippen LogP contribution is 2.11. The van der Waals surface area contributed by atoms with E-state index in [0.717, 1.165) is 13.0 Å². The molecule has 0 radical (unpaired) electrons. The van der Waals surface area contributed by atoms with E-state index in [0.29, 0.717) is 6.04 Å². The molecule has 0 aromatic carbocycles. The maximum Gasteiger partial charge on any atom is 0.0526 e. The Morgan fingerprint density at radius 2 is 2.40 bits per heavy atom. The fourth-order valence-corrected chi connectivity index (χ4v) is 1.54. The van der Waals surface area contributed by atoms with Crippen molar-refractivity contribution in [3.05, 3.63) is 0 Å². The second-order valence-electron chi connectivity index (χ2n) is 3.23. The first-order valence-electron chi connectivity index (χ1n) is 4.20. The van der Waals surface area contributed by atoms with Crippen LogP contribution in [0.2, 0.25) is 0 Å². The summed E-state index contributed by atoms with van der Waals surface area (Å²) in [6.45, 7) is 2.99. The summed E-state index contributed by atoms with van der Waals surface area (Å²) in [5.41, 5.74) is 0. The molecule has 10 heavy (non-hydrogen) atoms. The molecule has 2 atom stereocenters. The van der Waals surface area contributed by atoms with Crippen LogP contribution in [0.15, 0.2) is 0 Å². The molecule has 0 amide bonds. The van der Waals surface area contributed by atoms with E-state index in [1.165, 1.54) is 19.3 Å². The Balaban J connectivity index is 2.13. The van der Waals surface area contributed by atoms with Gasteiger partial charge in [0.05, 0.1) is 6.10 Å². The summed E-state index contributed by atoms with van der Waals surface area (Å²) in [5, 5.41) is 12.5. The molecule has 0 aromatic rings.